The first-order valence-corrected chi connectivity index (χ1v) is 6.37. The SMILES string of the molecule is Cc1cc(C(N)C2CCCCC2)cc(C)n1. The summed E-state index contributed by atoms with van der Waals surface area (Å²) in [5.74, 6) is 0.676. The summed E-state index contributed by atoms with van der Waals surface area (Å²) in [5, 5.41) is 0. The fraction of sp³-hybridized carbons (Fsp3) is 0.643. The van der Waals surface area contributed by atoms with E-state index < -0.39 is 0 Å². The van der Waals surface area contributed by atoms with Crippen molar-refractivity contribution >= 4 is 0 Å². The number of rotatable bonds is 2. The highest BCUT2D eigenvalue weighted by Gasteiger charge is 2.22. The van der Waals surface area contributed by atoms with Crippen LogP contribution in [-0.2, 0) is 0 Å². The molecule has 2 N–H and O–H groups in total. The Hall–Kier alpha value is -0.890. The molecular formula is C14H22N2. The van der Waals surface area contributed by atoms with Gasteiger partial charge >= 0.3 is 0 Å². The summed E-state index contributed by atoms with van der Waals surface area (Å²) in [6, 6.07) is 4.50. The summed E-state index contributed by atoms with van der Waals surface area (Å²) < 4.78 is 0. The number of hydrogen-bond acceptors (Lipinski definition) is 2. The second-order valence-corrected chi connectivity index (χ2v) is 5.11. The van der Waals surface area contributed by atoms with Crippen LogP contribution in [-0.4, -0.2) is 4.98 Å². The van der Waals surface area contributed by atoms with Gasteiger partial charge in [0.15, 0.2) is 0 Å². The number of aryl methyl sites for hydroxylation is 2. The summed E-state index contributed by atoms with van der Waals surface area (Å²) in [6.45, 7) is 4.09. The van der Waals surface area contributed by atoms with Gasteiger partial charge in [-0.3, -0.25) is 4.98 Å². The van der Waals surface area contributed by atoms with Gasteiger partial charge in [0.25, 0.3) is 0 Å². The molecule has 88 valence electrons. The molecule has 1 aromatic heterocycles. The molecule has 1 fully saturated rings. The number of aromatic nitrogens is 1. The number of nitrogens with zero attached hydrogens (tertiary/aromatic N) is 1. The van der Waals surface area contributed by atoms with Gasteiger partial charge in [0.2, 0.25) is 0 Å². The van der Waals surface area contributed by atoms with Crippen LogP contribution in [0.5, 0.6) is 0 Å². The fourth-order valence-corrected chi connectivity index (χ4v) is 2.82. The molecular weight excluding hydrogens is 196 g/mol. The van der Waals surface area contributed by atoms with Gasteiger partial charge in [-0.2, -0.15) is 0 Å². The maximum Gasteiger partial charge on any atom is 0.0379 e. The summed E-state index contributed by atoms with van der Waals surface area (Å²) >= 11 is 0. The van der Waals surface area contributed by atoms with Gasteiger partial charge in [-0.25, -0.2) is 0 Å². The quantitative estimate of drug-likeness (QED) is 0.827. The molecule has 0 aromatic carbocycles. The molecule has 0 saturated heterocycles. The van der Waals surface area contributed by atoms with E-state index in [1.807, 2.05) is 13.8 Å². The summed E-state index contributed by atoms with van der Waals surface area (Å²) in [7, 11) is 0. The van der Waals surface area contributed by atoms with Gasteiger partial charge in [0, 0.05) is 17.4 Å². The highest BCUT2D eigenvalue weighted by molar-refractivity contribution is 5.24. The van der Waals surface area contributed by atoms with E-state index in [9.17, 15) is 0 Å². The lowest BCUT2D eigenvalue weighted by Crippen LogP contribution is -2.23. The fourth-order valence-electron chi connectivity index (χ4n) is 2.82. The third kappa shape index (κ3) is 2.62. The van der Waals surface area contributed by atoms with Crippen molar-refractivity contribution in [3.63, 3.8) is 0 Å². The van der Waals surface area contributed by atoms with Crippen LogP contribution in [0.1, 0.15) is 55.1 Å². The predicted octanol–water partition coefficient (Wildman–Crippen LogP) is 3.28. The normalized spacial score (nSPS) is 19.7. The predicted molar refractivity (Wildman–Crippen MR) is 67.2 cm³/mol. The lowest BCUT2D eigenvalue weighted by Gasteiger charge is -2.28. The molecule has 0 spiro atoms. The average Bonchev–Trinajstić information content (AvgIpc) is 2.28. The number of pyridine rings is 1. The van der Waals surface area contributed by atoms with Gasteiger partial charge in [-0.1, -0.05) is 19.3 Å². The standard InChI is InChI=1S/C14H22N2/c1-10-8-13(9-11(2)16-10)14(15)12-6-4-3-5-7-12/h8-9,12,14H,3-7,15H2,1-2H3. The Bertz CT molecular complexity index is 334. The molecule has 0 radical (unpaired) electrons. The Morgan fingerprint density at radius 2 is 1.69 bits per heavy atom. The van der Waals surface area contributed by atoms with Crippen LogP contribution in [0.4, 0.5) is 0 Å². The van der Waals surface area contributed by atoms with E-state index in [1.165, 1.54) is 37.7 Å². The maximum atomic E-state index is 6.38. The lowest BCUT2D eigenvalue weighted by molar-refractivity contribution is 0.308. The monoisotopic (exact) mass is 218 g/mol. The summed E-state index contributed by atoms with van der Waals surface area (Å²) in [4.78, 5) is 4.41. The molecule has 1 heterocycles. The van der Waals surface area contributed by atoms with Crippen molar-refractivity contribution < 1.29 is 0 Å². The third-order valence-electron chi connectivity index (χ3n) is 3.65. The molecule has 1 saturated carbocycles. The molecule has 0 bridgehead atoms. The van der Waals surface area contributed by atoms with Crippen LogP contribution in [0.15, 0.2) is 12.1 Å². The third-order valence-corrected chi connectivity index (χ3v) is 3.65. The first-order valence-electron chi connectivity index (χ1n) is 6.37. The molecule has 2 heteroatoms. The highest BCUT2D eigenvalue weighted by atomic mass is 14.7. The lowest BCUT2D eigenvalue weighted by atomic mass is 9.81. The molecule has 16 heavy (non-hydrogen) atoms. The van der Waals surface area contributed by atoms with Crippen molar-refractivity contribution in [1.82, 2.24) is 4.98 Å². The molecule has 1 unspecified atom stereocenters. The van der Waals surface area contributed by atoms with E-state index in [-0.39, 0.29) is 6.04 Å². The minimum Gasteiger partial charge on any atom is -0.324 e. The first kappa shape index (κ1) is 11.6. The van der Waals surface area contributed by atoms with E-state index >= 15 is 0 Å². The van der Waals surface area contributed by atoms with Crippen molar-refractivity contribution in [2.75, 3.05) is 0 Å². The van der Waals surface area contributed by atoms with Crippen LogP contribution in [0.25, 0.3) is 0 Å². The van der Waals surface area contributed by atoms with Crippen molar-refractivity contribution in [2.45, 2.75) is 52.0 Å². The van der Waals surface area contributed by atoms with Crippen LogP contribution in [0, 0.1) is 19.8 Å². The van der Waals surface area contributed by atoms with Gasteiger partial charge in [-0.15, -0.1) is 0 Å². The van der Waals surface area contributed by atoms with E-state index in [0.717, 1.165) is 11.4 Å². The smallest absolute Gasteiger partial charge is 0.0379 e. The van der Waals surface area contributed by atoms with Crippen molar-refractivity contribution in [3.05, 3.63) is 29.1 Å². The number of nitrogens with two attached hydrogens (primary N) is 1. The molecule has 0 aliphatic heterocycles. The highest BCUT2D eigenvalue weighted by Crippen LogP contribution is 2.33. The topological polar surface area (TPSA) is 38.9 Å². The van der Waals surface area contributed by atoms with Crippen molar-refractivity contribution in [3.8, 4) is 0 Å². The Labute approximate surface area is 98.3 Å². The second kappa shape index (κ2) is 4.96. The Morgan fingerprint density at radius 1 is 1.12 bits per heavy atom. The molecule has 2 nitrogen and oxygen atoms in total. The van der Waals surface area contributed by atoms with Gasteiger partial charge in [0.1, 0.15) is 0 Å². The molecule has 1 aliphatic rings. The molecule has 2 rings (SSSR count). The van der Waals surface area contributed by atoms with Crippen LogP contribution in [0.3, 0.4) is 0 Å². The van der Waals surface area contributed by atoms with Gasteiger partial charge in [-0.05, 0) is 50.3 Å². The van der Waals surface area contributed by atoms with Crippen LogP contribution >= 0.6 is 0 Å². The van der Waals surface area contributed by atoms with Crippen molar-refractivity contribution in [1.29, 1.82) is 0 Å². The first-order chi connectivity index (χ1) is 7.66. The zero-order valence-electron chi connectivity index (χ0n) is 10.4. The molecule has 1 atom stereocenters. The van der Waals surface area contributed by atoms with Crippen molar-refractivity contribution in [2.24, 2.45) is 11.7 Å². The maximum absolute atomic E-state index is 6.38. The van der Waals surface area contributed by atoms with E-state index in [0.29, 0.717) is 5.92 Å². The minimum absolute atomic E-state index is 0.209. The number of hydrogen-bond donors (Lipinski definition) is 1. The average molecular weight is 218 g/mol. The van der Waals surface area contributed by atoms with E-state index in [1.54, 1.807) is 0 Å². The second-order valence-electron chi connectivity index (χ2n) is 5.11. The van der Waals surface area contributed by atoms with Crippen LogP contribution < -0.4 is 5.73 Å². The molecule has 0 amide bonds. The summed E-state index contributed by atoms with van der Waals surface area (Å²) in [6.07, 6.45) is 6.67. The Morgan fingerprint density at radius 3 is 2.25 bits per heavy atom. The van der Waals surface area contributed by atoms with E-state index in [4.69, 9.17) is 5.73 Å². The molecule has 1 aliphatic carbocycles. The zero-order chi connectivity index (χ0) is 11.5. The van der Waals surface area contributed by atoms with Gasteiger partial charge < -0.3 is 5.73 Å². The van der Waals surface area contributed by atoms with Gasteiger partial charge in [0.05, 0.1) is 0 Å². The zero-order valence-corrected chi connectivity index (χ0v) is 10.4. The molecule has 1 aromatic rings. The Kier molecular flexibility index (Phi) is 3.59. The Balaban J connectivity index is 2.15. The largest absolute Gasteiger partial charge is 0.324 e. The van der Waals surface area contributed by atoms with Crippen LogP contribution in [0.2, 0.25) is 0 Å². The van der Waals surface area contributed by atoms with E-state index in [2.05, 4.69) is 17.1 Å². The summed E-state index contributed by atoms with van der Waals surface area (Å²) in [5.41, 5.74) is 9.82. The minimum atomic E-state index is 0.209.